The molecular weight excluding hydrogens is 280 g/mol. The number of para-hydroxylation sites is 1. The Hall–Kier alpha value is -1.43. The zero-order valence-corrected chi connectivity index (χ0v) is 12.8. The Balaban J connectivity index is 1.66. The van der Waals surface area contributed by atoms with E-state index in [0.29, 0.717) is 19.9 Å². The van der Waals surface area contributed by atoms with Gasteiger partial charge in [-0.3, -0.25) is 14.6 Å². The highest BCUT2D eigenvalue weighted by Crippen LogP contribution is 2.45. The Morgan fingerprint density at radius 2 is 1.73 bits per heavy atom. The van der Waals surface area contributed by atoms with Gasteiger partial charge >= 0.3 is 0 Å². The van der Waals surface area contributed by atoms with Crippen LogP contribution in [-0.4, -0.2) is 43.8 Å². The van der Waals surface area contributed by atoms with Gasteiger partial charge in [0, 0.05) is 5.56 Å². The van der Waals surface area contributed by atoms with Crippen molar-refractivity contribution in [3.05, 3.63) is 29.8 Å². The second kappa shape index (κ2) is 5.65. The van der Waals surface area contributed by atoms with Crippen LogP contribution in [0.1, 0.15) is 31.2 Å². The van der Waals surface area contributed by atoms with E-state index >= 15 is 0 Å². The smallest absolute Gasteiger partial charge is 0.293 e. The summed E-state index contributed by atoms with van der Waals surface area (Å²) in [7, 11) is 0. The van der Waals surface area contributed by atoms with Gasteiger partial charge in [0.1, 0.15) is 0 Å². The predicted molar refractivity (Wildman–Crippen MR) is 82.4 cm³/mol. The average Bonchev–Trinajstić information content (AvgIpc) is 2.80. The number of hydrogen-bond donors (Lipinski definition) is 0. The van der Waals surface area contributed by atoms with E-state index in [-0.39, 0.29) is 5.91 Å². The largest absolute Gasteiger partial charge is 0.338 e. The molecule has 1 aromatic rings. The third kappa shape index (κ3) is 2.16. The first-order valence-corrected chi connectivity index (χ1v) is 8.23. The fourth-order valence-corrected chi connectivity index (χ4v) is 3.64. The Bertz CT molecular complexity index is 563. The van der Waals surface area contributed by atoms with Gasteiger partial charge in [-0.05, 0) is 38.4 Å². The van der Waals surface area contributed by atoms with E-state index in [4.69, 9.17) is 9.47 Å². The number of benzene rings is 1. The number of amides is 1. The normalized spacial score (nSPS) is 24.7. The summed E-state index contributed by atoms with van der Waals surface area (Å²) in [5.74, 6) is -1.27. The average molecular weight is 302 g/mol. The van der Waals surface area contributed by atoms with E-state index in [9.17, 15) is 4.79 Å². The highest BCUT2D eigenvalue weighted by atomic mass is 16.7. The molecule has 2 saturated heterocycles. The SMILES string of the molecule is O=C1N(CN2CCCCC2)c2ccccc2C12OCCCO2. The van der Waals surface area contributed by atoms with E-state index < -0.39 is 5.79 Å². The minimum Gasteiger partial charge on any atom is -0.338 e. The minimum absolute atomic E-state index is 0.0704. The number of carbonyl (C=O) groups excluding carboxylic acids is 1. The fraction of sp³-hybridized carbons (Fsp3) is 0.588. The van der Waals surface area contributed by atoms with E-state index in [1.165, 1.54) is 19.3 Å². The zero-order chi connectivity index (χ0) is 15.0. The first-order chi connectivity index (χ1) is 10.8. The Morgan fingerprint density at radius 1 is 1.00 bits per heavy atom. The highest BCUT2D eigenvalue weighted by molar-refractivity contribution is 6.06. The molecule has 0 bridgehead atoms. The number of nitrogens with zero attached hydrogens (tertiary/aromatic N) is 2. The Labute approximate surface area is 130 Å². The molecule has 3 aliphatic rings. The van der Waals surface area contributed by atoms with Crippen LogP contribution in [-0.2, 0) is 20.1 Å². The molecule has 0 atom stereocenters. The van der Waals surface area contributed by atoms with Crippen LogP contribution in [0.5, 0.6) is 0 Å². The maximum Gasteiger partial charge on any atom is 0.293 e. The molecule has 1 amide bonds. The summed E-state index contributed by atoms with van der Waals surface area (Å²) < 4.78 is 11.7. The number of carbonyl (C=O) groups is 1. The third-order valence-corrected chi connectivity index (χ3v) is 4.77. The molecule has 1 aromatic carbocycles. The minimum atomic E-state index is -1.20. The topological polar surface area (TPSA) is 42.0 Å². The summed E-state index contributed by atoms with van der Waals surface area (Å²) in [6, 6.07) is 7.86. The molecule has 2 fully saturated rings. The third-order valence-electron chi connectivity index (χ3n) is 4.77. The van der Waals surface area contributed by atoms with Crippen molar-refractivity contribution in [1.82, 2.24) is 4.90 Å². The van der Waals surface area contributed by atoms with Crippen LogP contribution in [0, 0.1) is 0 Å². The van der Waals surface area contributed by atoms with Gasteiger partial charge in [0.2, 0.25) is 0 Å². The van der Waals surface area contributed by atoms with Crippen molar-refractivity contribution in [2.75, 3.05) is 37.9 Å². The van der Waals surface area contributed by atoms with E-state index in [0.717, 1.165) is 30.8 Å². The predicted octanol–water partition coefficient (Wildman–Crippen LogP) is 2.07. The van der Waals surface area contributed by atoms with E-state index in [2.05, 4.69) is 4.90 Å². The number of piperidine rings is 1. The monoisotopic (exact) mass is 302 g/mol. The lowest BCUT2D eigenvalue weighted by molar-refractivity contribution is -0.256. The molecule has 3 heterocycles. The van der Waals surface area contributed by atoms with Gasteiger partial charge < -0.3 is 9.47 Å². The van der Waals surface area contributed by atoms with Crippen molar-refractivity contribution < 1.29 is 14.3 Å². The van der Waals surface area contributed by atoms with Gasteiger partial charge in [-0.15, -0.1) is 0 Å². The molecule has 3 aliphatic heterocycles. The maximum absolute atomic E-state index is 13.1. The van der Waals surface area contributed by atoms with Crippen molar-refractivity contribution in [3.8, 4) is 0 Å². The molecule has 0 aromatic heterocycles. The first-order valence-electron chi connectivity index (χ1n) is 8.23. The second-order valence-electron chi connectivity index (χ2n) is 6.24. The van der Waals surface area contributed by atoms with Gasteiger partial charge in [-0.25, -0.2) is 0 Å². The Morgan fingerprint density at radius 3 is 2.50 bits per heavy atom. The molecule has 22 heavy (non-hydrogen) atoms. The molecule has 0 N–H and O–H groups in total. The highest BCUT2D eigenvalue weighted by Gasteiger charge is 2.54. The van der Waals surface area contributed by atoms with Crippen molar-refractivity contribution >= 4 is 11.6 Å². The number of likely N-dealkylation sites (tertiary alicyclic amines) is 1. The fourth-order valence-electron chi connectivity index (χ4n) is 3.64. The molecule has 0 unspecified atom stereocenters. The van der Waals surface area contributed by atoms with Crippen molar-refractivity contribution in [1.29, 1.82) is 0 Å². The van der Waals surface area contributed by atoms with Crippen LogP contribution in [0.2, 0.25) is 0 Å². The molecule has 0 radical (unpaired) electrons. The van der Waals surface area contributed by atoms with Crippen LogP contribution < -0.4 is 4.90 Å². The molecule has 4 rings (SSSR count). The van der Waals surface area contributed by atoms with Gasteiger partial charge in [0.05, 0.1) is 25.6 Å². The summed E-state index contributed by atoms with van der Waals surface area (Å²) in [4.78, 5) is 17.2. The zero-order valence-electron chi connectivity index (χ0n) is 12.8. The van der Waals surface area contributed by atoms with E-state index in [1.54, 1.807) is 0 Å². The number of hydrogen-bond acceptors (Lipinski definition) is 4. The molecule has 118 valence electrons. The summed E-state index contributed by atoms with van der Waals surface area (Å²) in [6.45, 7) is 3.88. The lowest BCUT2D eigenvalue weighted by Gasteiger charge is -2.34. The summed E-state index contributed by atoms with van der Waals surface area (Å²) in [5.41, 5.74) is 1.79. The number of rotatable bonds is 2. The van der Waals surface area contributed by atoms with Crippen molar-refractivity contribution in [2.45, 2.75) is 31.5 Å². The number of ether oxygens (including phenoxy) is 2. The van der Waals surface area contributed by atoms with Gasteiger partial charge in [0.25, 0.3) is 11.7 Å². The van der Waals surface area contributed by atoms with Crippen LogP contribution in [0.25, 0.3) is 0 Å². The van der Waals surface area contributed by atoms with Gasteiger partial charge in [-0.2, -0.15) is 0 Å². The number of anilines is 1. The molecule has 0 saturated carbocycles. The second-order valence-corrected chi connectivity index (χ2v) is 6.24. The maximum atomic E-state index is 13.1. The van der Waals surface area contributed by atoms with Gasteiger partial charge in [-0.1, -0.05) is 24.6 Å². The van der Waals surface area contributed by atoms with Crippen LogP contribution in [0.4, 0.5) is 5.69 Å². The summed E-state index contributed by atoms with van der Waals surface area (Å²) in [6.07, 6.45) is 4.55. The molecule has 5 nitrogen and oxygen atoms in total. The van der Waals surface area contributed by atoms with Gasteiger partial charge in [0.15, 0.2) is 0 Å². The summed E-state index contributed by atoms with van der Waals surface area (Å²) >= 11 is 0. The van der Waals surface area contributed by atoms with E-state index in [1.807, 2.05) is 29.2 Å². The Kier molecular flexibility index (Phi) is 3.64. The lowest BCUT2D eigenvalue weighted by Crippen LogP contribution is -2.50. The van der Waals surface area contributed by atoms with Crippen LogP contribution in [0.15, 0.2) is 24.3 Å². The van der Waals surface area contributed by atoms with Crippen LogP contribution in [0.3, 0.4) is 0 Å². The molecule has 0 aliphatic carbocycles. The first kappa shape index (κ1) is 14.2. The number of fused-ring (bicyclic) bond motifs is 2. The van der Waals surface area contributed by atoms with Crippen molar-refractivity contribution in [3.63, 3.8) is 0 Å². The molecule has 1 spiro atoms. The van der Waals surface area contributed by atoms with Crippen LogP contribution >= 0.6 is 0 Å². The quantitative estimate of drug-likeness (QED) is 0.839. The van der Waals surface area contributed by atoms with Crippen molar-refractivity contribution in [2.24, 2.45) is 0 Å². The summed E-state index contributed by atoms with van der Waals surface area (Å²) in [5, 5.41) is 0. The molecular formula is C17H22N2O3. The lowest BCUT2D eigenvalue weighted by atomic mass is 10.1. The standard InChI is InChI=1S/C17H22N2O3/c20-16-17(21-11-6-12-22-17)14-7-2-3-8-15(14)19(16)13-18-9-4-1-5-10-18/h2-3,7-8H,1,4-6,9-13H2. The molecule has 5 heteroatoms.